The number of rotatable bonds is 4. The second-order valence-corrected chi connectivity index (χ2v) is 9.30. The van der Waals surface area contributed by atoms with E-state index in [-0.39, 0.29) is 11.8 Å². The molecule has 0 spiro atoms. The highest BCUT2D eigenvalue weighted by Gasteiger charge is 2.25. The molecule has 9 nitrogen and oxygen atoms in total. The van der Waals surface area contributed by atoms with Crippen LogP contribution in [0, 0.1) is 11.8 Å². The maximum absolute atomic E-state index is 10.3. The van der Waals surface area contributed by atoms with Crippen molar-refractivity contribution in [1.82, 2.24) is 24.7 Å². The van der Waals surface area contributed by atoms with E-state index in [1.165, 1.54) is 0 Å². The fraction of sp³-hybridized carbons (Fsp3) is 0.259. The normalized spacial score (nSPS) is 15.7. The van der Waals surface area contributed by atoms with Crippen molar-refractivity contribution in [2.45, 2.75) is 25.9 Å². The summed E-state index contributed by atoms with van der Waals surface area (Å²) in [5, 5.41) is 19.3. The van der Waals surface area contributed by atoms with E-state index in [2.05, 4.69) is 48.7 Å². The van der Waals surface area contributed by atoms with Gasteiger partial charge in [0.2, 0.25) is 0 Å². The van der Waals surface area contributed by atoms with E-state index >= 15 is 0 Å². The summed E-state index contributed by atoms with van der Waals surface area (Å²) in [4.78, 5) is 12.9. The van der Waals surface area contributed by atoms with Crippen molar-refractivity contribution in [3.05, 3.63) is 72.0 Å². The number of hydrogen-bond donors (Lipinski definition) is 2. The Morgan fingerprint density at radius 2 is 2.00 bits per heavy atom. The van der Waals surface area contributed by atoms with E-state index < -0.39 is 0 Å². The first-order valence-electron chi connectivity index (χ1n) is 12.0. The highest BCUT2D eigenvalue weighted by atomic mass is 35.5. The molecule has 0 bridgehead atoms. The molecule has 37 heavy (non-hydrogen) atoms. The van der Waals surface area contributed by atoms with Crippen LogP contribution in [-0.2, 0) is 6.54 Å². The molecule has 10 heteroatoms. The number of imidazole rings is 1. The molecule has 3 aromatic heterocycles. The van der Waals surface area contributed by atoms with Crippen LogP contribution in [-0.4, -0.2) is 55.5 Å². The summed E-state index contributed by atoms with van der Waals surface area (Å²) in [6.45, 7) is 4.94. The average molecular weight is 515 g/mol. The van der Waals surface area contributed by atoms with Gasteiger partial charge in [0, 0.05) is 49.8 Å². The summed E-state index contributed by atoms with van der Waals surface area (Å²) in [6, 6.07) is 11.1. The Morgan fingerprint density at radius 3 is 2.81 bits per heavy atom. The Labute approximate surface area is 220 Å². The third-order valence-corrected chi connectivity index (χ3v) is 6.75. The van der Waals surface area contributed by atoms with Crippen LogP contribution in [0.3, 0.4) is 0 Å². The van der Waals surface area contributed by atoms with Gasteiger partial charge in [0.15, 0.2) is 5.82 Å². The van der Waals surface area contributed by atoms with Gasteiger partial charge in [0.05, 0.1) is 35.0 Å². The van der Waals surface area contributed by atoms with Gasteiger partial charge in [-0.05, 0) is 43.5 Å². The van der Waals surface area contributed by atoms with Gasteiger partial charge in [-0.15, -0.1) is 10.2 Å². The van der Waals surface area contributed by atoms with Gasteiger partial charge in [-0.2, -0.15) is 0 Å². The number of hydrogen-bond acceptors (Lipinski definition) is 8. The minimum atomic E-state index is 0.152. The number of aromatic nitrogens is 5. The number of anilines is 3. The summed E-state index contributed by atoms with van der Waals surface area (Å²) in [5.74, 6) is 6.77. The second-order valence-electron chi connectivity index (χ2n) is 8.89. The minimum Gasteiger partial charge on any atom is -0.507 e. The first-order chi connectivity index (χ1) is 18.0. The maximum atomic E-state index is 10.3. The largest absolute Gasteiger partial charge is 0.507 e. The zero-order chi connectivity index (χ0) is 25.8. The number of nitrogens with two attached hydrogens (primary N) is 1. The first kappa shape index (κ1) is 24.4. The first-order valence-corrected chi connectivity index (χ1v) is 12.4. The molecule has 4 heterocycles. The smallest absolute Gasteiger partial charge is 0.169 e. The summed E-state index contributed by atoms with van der Waals surface area (Å²) >= 11 is 6.61. The van der Waals surface area contributed by atoms with Crippen molar-refractivity contribution in [2.24, 2.45) is 0 Å². The standard InChI is InChI=1S/C27H27ClN8O/c1-19-8-11-35(25-16-23(32-33-27(25)29)21-6-2-3-7-26(21)37)13-14-36(19)24-15-20(31-17-22(24)28)5-4-10-34-12-9-30-18-34/h2-3,6-7,9,12,15-19,37H,8,10-11,13-14H2,1H3,(H2,29,33)/t19-/m0/s1. The molecular weight excluding hydrogens is 488 g/mol. The quantitative estimate of drug-likeness (QED) is 0.395. The van der Waals surface area contributed by atoms with Gasteiger partial charge in [0.1, 0.15) is 11.4 Å². The Kier molecular flexibility index (Phi) is 7.10. The van der Waals surface area contributed by atoms with Gasteiger partial charge in [0.25, 0.3) is 0 Å². The lowest BCUT2D eigenvalue weighted by atomic mass is 10.1. The van der Waals surface area contributed by atoms with E-state index in [1.807, 2.05) is 35.0 Å². The average Bonchev–Trinajstić information content (AvgIpc) is 3.34. The molecule has 0 amide bonds. The molecule has 4 aromatic rings. The molecule has 1 saturated heterocycles. The van der Waals surface area contributed by atoms with Crippen molar-refractivity contribution in [3.8, 4) is 28.8 Å². The second kappa shape index (κ2) is 10.8. The zero-order valence-corrected chi connectivity index (χ0v) is 21.2. The van der Waals surface area contributed by atoms with Crippen LogP contribution in [0.1, 0.15) is 19.0 Å². The lowest BCUT2D eigenvalue weighted by Gasteiger charge is -2.30. The van der Waals surface area contributed by atoms with Crippen LogP contribution >= 0.6 is 11.6 Å². The molecular formula is C27H27ClN8O. The molecule has 1 fully saturated rings. The van der Waals surface area contributed by atoms with Crippen molar-refractivity contribution >= 4 is 28.8 Å². The SMILES string of the molecule is C[C@H]1CCN(c2cc(-c3ccccc3O)nnc2N)CCN1c1cc(C#CCn2ccnc2)ncc1Cl. The molecule has 0 saturated carbocycles. The number of para-hydroxylation sites is 1. The molecule has 3 N–H and O–H groups in total. The van der Waals surface area contributed by atoms with Crippen molar-refractivity contribution in [2.75, 3.05) is 35.2 Å². The minimum absolute atomic E-state index is 0.152. The zero-order valence-electron chi connectivity index (χ0n) is 20.4. The van der Waals surface area contributed by atoms with Crippen LogP contribution in [0.2, 0.25) is 5.02 Å². The van der Waals surface area contributed by atoms with Crippen LogP contribution in [0.25, 0.3) is 11.3 Å². The van der Waals surface area contributed by atoms with Gasteiger partial charge >= 0.3 is 0 Å². The Balaban J connectivity index is 1.36. The van der Waals surface area contributed by atoms with E-state index in [0.717, 1.165) is 30.9 Å². The number of benzene rings is 1. The Hall–Kier alpha value is -4.29. The van der Waals surface area contributed by atoms with Gasteiger partial charge in [-0.3, -0.25) is 0 Å². The van der Waals surface area contributed by atoms with Crippen molar-refractivity contribution < 1.29 is 5.11 Å². The van der Waals surface area contributed by atoms with Crippen LogP contribution in [0.5, 0.6) is 5.75 Å². The molecule has 0 aliphatic carbocycles. The molecule has 188 valence electrons. The summed E-state index contributed by atoms with van der Waals surface area (Å²) in [7, 11) is 0. The van der Waals surface area contributed by atoms with E-state index in [1.54, 1.807) is 30.9 Å². The Morgan fingerprint density at radius 1 is 1.14 bits per heavy atom. The monoisotopic (exact) mass is 514 g/mol. The number of phenols is 1. The number of nitrogens with zero attached hydrogens (tertiary/aromatic N) is 7. The Bertz CT molecular complexity index is 1450. The third-order valence-electron chi connectivity index (χ3n) is 6.46. The number of pyridine rings is 1. The van der Waals surface area contributed by atoms with E-state index in [9.17, 15) is 5.11 Å². The number of nitrogen functional groups attached to an aromatic ring is 1. The van der Waals surface area contributed by atoms with E-state index in [0.29, 0.717) is 40.9 Å². The third kappa shape index (κ3) is 5.44. The maximum Gasteiger partial charge on any atom is 0.169 e. The fourth-order valence-electron chi connectivity index (χ4n) is 4.44. The number of halogens is 1. The molecule has 0 radical (unpaired) electrons. The lowest BCUT2D eigenvalue weighted by Crippen LogP contribution is -2.35. The van der Waals surface area contributed by atoms with Gasteiger partial charge in [-0.25, -0.2) is 9.97 Å². The molecule has 1 aromatic carbocycles. The molecule has 0 unspecified atom stereocenters. The number of phenolic OH excluding ortho intramolecular Hbond substituents is 1. The van der Waals surface area contributed by atoms with Gasteiger partial charge < -0.3 is 25.2 Å². The highest BCUT2D eigenvalue weighted by molar-refractivity contribution is 6.33. The fourth-order valence-corrected chi connectivity index (χ4v) is 4.65. The molecule has 1 atom stereocenters. The number of aromatic hydroxyl groups is 1. The van der Waals surface area contributed by atoms with Crippen LogP contribution in [0.4, 0.5) is 17.2 Å². The van der Waals surface area contributed by atoms with Crippen LogP contribution < -0.4 is 15.5 Å². The van der Waals surface area contributed by atoms with Crippen molar-refractivity contribution in [3.63, 3.8) is 0 Å². The lowest BCUT2D eigenvalue weighted by molar-refractivity contribution is 0.477. The molecule has 1 aliphatic heterocycles. The summed E-state index contributed by atoms with van der Waals surface area (Å²) < 4.78 is 1.90. The predicted octanol–water partition coefficient (Wildman–Crippen LogP) is 3.83. The highest BCUT2D eigenvalue weighted by Crippen LogP contribution is 2.33. The summed E-state index contributed by atoms with van der Waals surface area (Å²) in [5.41, 5.74) is 9.83. The molecule has 5 rings (SSSR count). The molecule has 1 aliphatic rings. The van der Waals surface area contributed by atoms with Crippen LogP contribution in [0.15, 0.2) is 61.3 Å². The topological polar surface area (TPSA) is 109 Å². The van der Waals surface area contributed by atoms with Gasteiger partial charge in [-0.1, -0.05) is 29.7 Å². The van der Waals surface area contributed by atoms with E-state index in [4.69, 9.17) is 17.3 Å². The van der Waals surface area contributed by atoms with Crippen molar-refractivity contribution in [1.29, 1.82) is 0 Å². The predicted molar refractivity (Wildman–Crippen MR) is 146 cm³/mol. The summed E-state index contributed by atoms with van der Waals surface area (Å²) in [6.07, 6.45) is 7.88.